The Kier molecular flexibility index (Phi) is 6.56. The van der Waals surface area contributed by atoms with Gasteiger partial charge in [-0.25, -0.2) is 13.2 Å². The van der Waals surface area contributed by atoms with Crippen molar-refractivity contribution in [2.45, 2.75) is 25.9 Å². The van der Waals surface area contributed by atoms with Gasteiger partial charge in [0.05, 0.1) is 6.61 Å². The van der Waals surface area contributed by atoms with Gasteiger partial charge in [0.1, 0.15) is 11.9 Å². The van der Waals surface area contributed by atoms with E-state index in [1.807, 2.05) is 30.3 Å². The molecule has 5 rings (SSSR count). The first-order valence-corrected chi connectivity index (χ1v) is 11.8. The standard InChI is InChI=1S/C31H25F3O/c1-2-3-20-4-9-22(10-5-20)26-16-17-27(31(34)30(26)33)23-11-6-21(7-12-23)8-13-24-14-15-25(18-28(24)32)29-19-35-29/h4-18,29H,2-3,19H2,1H3/b13-8+. The van der Waals surface area contributed by atoms with Crippen molar-refractivity contribution in [2.24, 2.45) is 0 Å². The maximum absolute atomic E-state index is 15.0. The smallest absolute Gasteiger partial charge is 0.167 e. The molecule has 1 heterocycles. The lowest BCUT2D eigenvalue weighted by molar-refractivity contribution is 0.415. The van der Waals surface area contributed by atoms with Gasteiger partial charge >= 0.3 is 0 Å². The van der Waals surface area contributed by atoms with Crippen molar-refractivity contribution >= 4 is 12.2 Å². The summed E-state index contributed by atoms with van der Waals surface area (Å²) in [5.74, 6) is -2.03. The lowest BCUT2D eigenvalue weighted by atomic mass is 9.97. The highest BCUT2D eigenvalue weighted by Crippen LogP contribution is 2.33. The Morgan fingerprint density at radius 3 is 1.91 bits per heavy atom. The predicted molar refractivity (Wildman–Crippen MR) is 135 cm³/mol. The molecule has 0 aliphatic carbocycles. The fraction of sp³-hybridized carbons (Fsp3) is 0.161. The van der Waals surface area contributed by atoms with Gasteiger partial charge in [-0.3, -0.25) is 0 Å². The average molecular weight is 471 g/mol. The summed E-state index contributed by atoms with van der Waals surface area (Å²) in [6, 6.07) is 23.0. The minimum atomic E-state index is -0.870. The summed E-state index contributed by atoms with van der Waals surface area (Å²) in [6.45, 7) is 2.74. The third-order valence-corrected chi connectivity index (χ3v) is 6.29. The molecule has 4 aromatic rings. The number of hydrogen-bond acceptors (Lipinski definition) is 1. The normalized spacial score (nSPS) is 15.0. The van der Waals surface area contributed by atoms with E-state index in [1.165, 1.54) is 11.6 Å². The highest BCUT2D eigenvalue weighted by molar-refractivity contribution is 5.74. The second-order valence-corrected chi connectivity index (χ2v) is 8.79. The molecule has 0 N–H and O–H groups in total. The maximum Gasteiger partial charge on any atom is 0.167 e. The first-order valence-electron chi connectivity index (χ1n) is 11.8. The van der Waals surface area contributed by atoms with Crippen LogP contribution in [0.25, 0.3) is 34.4 Å². The van der Waals surface area contributed by atoms with Crippen LogP contribution >= 0.6 is 0 Å². The Hall–Kier alpha value is -3.63. The van der Waals surface area contributed by atoms with E-state index in [9.17, 15) is 8.78 Å². The van der Waals surface area contributed by atoms with Gasteiger partial charge in [0.2, 0.25) is 0 Å². The number of epoxide rings is 1. The molecular formula is C31H25F3O. The molecule has 0 amide bonds. The Labute approximate surface area is 203 Å². The number of ether oxygens (including phenoxy) is 1. The Morgan fingerprint density at radius 2 is 1.37 bits per heavy atom. The Morgan fingerprint density at radius 1 is 0.771 bits per heavy atom. The van der Waals surface area contributed by atoms with E-state index in [4.69, 9.17) is 4.74 Å². The number of hydrogen-bond donors (Lipinski definition) is 0. The zero-order valence-electron chi connectivity index (χ0n) is 19.4. The minimum absolute atomic E-state index is 0.0146. The summed E-state index contributed by atoms with van der Waals surface area (Å²) >= 11 is 0. The second kappa shape index (κ2) is 9.93. The molecule has 1 aliphatic heterocycles. The molecule has 176 valence electrons. The topological polar surface area (TPSA) is 12.5 Å². The SMILES string of the molecule is CCCc1ccc(-c2ccc(-c3ccc(/C=C/c4ccc(C5CO5)cc4F)cc3)c(F)c2F)cc1. The number of benzene rings is 4. The highest BCUT2D eigenvalue weighted by atomic mass is 19.2. The molecule has 0 radical (unpaired) electrons. The molecule has 1 aliphatic rings. The van der Waals surface area contributed by atoms with Crippen LogP contribution < -0.4 is 0 Å². The third-order valence-electron chi connectivity index (χ3n) is 6.29. The van der Waals surface area contributed by atoms with Crippen molar-refractivity contribution in [1.82, 2.24) is 0 Å². The van der Waals surface area contributed by atoms with Crippen LogP contribution in [0.3, 0.4) is 0 Å². The molecule has 0 spiro atoms. The van der Waals surface area contributed by atoms with Crippen molar-refractivity contribution in [2.75, 3.05) is 6.61 Å². The van der Waals surface area contributed by atoms with Crippen LogP contribution in [0, 0.1) is 17.5 Å². The van der Waals surface area contributed by atoms with E-state index >= 15 is 4.39 Å². The fourth-order valence-electron chi connectivity index (χ4n) is 4.21. The predicted octanol–water partition coefficient (Wildman–Crippen LogP) is 8.63. The summed E-state index contributed by atoms with van der Waals surface area (Å²) in [5.41, 5.74) is 5.00. The summed E-state index contributed by atoms with van der Waals surface area (Å²) in [5, 5.41) is 0. The molecule has 1 saturated heterocycles. The van der Waals surface area contributed by atoms with Crippen molar-refractivity contribution in [1.29, 1.82) is 0 Å². The molecule has 0 bridgehead atoms. The van der Waals surface area contributed by atoms with E-state index in [2.05, 4.69) is 6.92 Å². The van der Waals surface area contributed by atoms with Crippen LogP contribution in [0.5, 0.6) is 0 Å². The lowest BCUT2D eigenvalue weighted by Gasteiger charge is -2.10. The van der Waals surface area contributed by atoms with Crippen molar-refractivity contribution in [3.8, 4) is 22.3 Å². The number of rotatable bonds is 7. The van der Waals surface area contributed by atoms with Gasteiger partial charge in [0.25, 0.3) is 0 Å². The summed E-state index contributed by atoms with van der Waals surface area (Å²) in [4.78, 5) is 0. The molecule has 1 fully saturated rings. The van der Waals surface area contributed by atoms with Crippen molar-refractivity contribution < 1.29 is 17.9 Å². The maximum atomic E-state index is 15.0. The van der Waals surface area contributed by atoms with Crippen LogP contribution in [0.15, 0.2) is 78.9 Å². The Bertz CT molecular complexity index is 1370. The van der Waals surface area contributed by atoms with Crippen LogP contribution in [0.4, 0.5) is 13.2 Å². The average Bonchev–Trinajstić information content (AvgIpc) is 3.72. The molecule has 4 aromatic carbocycles. The molecule has 4 heteroatoms. The van der Waals surface area contributed by atoms with Gasteiger partial charge in [0.15, 0.2) is 11.6 Å². The summed E-state index contributed by atoms with van der Waals surface area (Å²) < 4.78 is 49.5. The quantitative estimate of drug-likeness (QED) is 0.195. The van der Waals surface area contributed by atoms with E-state index in [1.54, 1.807) is 54.6 Å². The van der Waals surface area contributed by atoms with Crippen molar-refractivity contribution in [3.63, 3.8) is 0 Å². The number of halogens is 3. The molecule has 1 atom stereocenters. The van der Waals surface area contributed by atoms with Gasteiger partial charge in [-0.15, -0.1) is 0 Å². The molecule has 1 unspecified atom stereocenters. The van der Waals surface area contributed by atoms with E-state index in [0.717, 1.165) is 24.0 Å². The van der Waals surface area contributed by atoms with Crippen LogP contribution in [0.1, 0.15) is 41.7 Å². The van der Waals surface area contributed by atoms with Gasteiger partial charge < -0.3 is 4.74 Å². The molecular weight excluding hydrogens is 445 g/mol. The van der Waals surface area contributed by atoms with Crippen molar-refractivity contribution in [3.05, 3.63) is 119 Å². The van der Waals surface area contributed by atoms with Gasteiger partial charge in [-0.2, -0.15) is 0 Å². The number of aryl methyl sites for hydroxylation is 1. The van der Waals surface area contributed by atoms with E-state index in [-0.39, 0.29) is 23.0 Å². The van der Waals surface area contributed by atoms with Crippen LogP contribution in [0.2, 0.25) is 0 Å². The highest BCUT2D eigenvalue weighted by Gasteiger charge is 2.25. The Balaban J connectivity index is 1.34. The van der Waals surface area contributed by atoms with Crippen LogP contribution in [-0.4, -0.2) is 6.61 Å². The molecule has 35 heavy (non-hydrogen) atoms. The third kappa shape index (κ3) is 5.08. The largest absolute Gasteiger partial charge is 0.368 e. The minimum Gasteiger partial charge on any atom is -0.368 e. The van der Waals surface area contributed by atoms with Gasteiger partial charge in [-0.05, 0) is 40.3 Å². The van der Waals surface area contributed by atoms with E-state index < -0.39 is 11.6 Å². The zero-order valence-corrected chi connectivity index (χ0v) is 19.4. The molecule has 0 saturated carbocycles. The van der Waals surface area contributed by atoms with Gasteiger partial charge in [-0.1, -0.05) is 98.3 Å². The molecule has 0 aromatic heterocycles. The lowest BCUT2D eigenvalue weighted by Crippen LogP contribution is -1.94. The monoisotopic (exact) mass is 470 g/mol. The summed E-state index contributed by atoms with van der Waals surface area (Å²) in [6.07, 6.45) is 5.49. The van der Waals surface area contributed by atoms with Gasteiger partial charge in [0, 0.05) is 16.7 Å². The van der Waals surface area contributed by atoms with Crippen LogP contribution in [-0.2, 0) is 11.2 Å². The fourth-order valence-corrected chi connectivity index (χ4v) is 4.21. The first kappa shape index (κ1) is 23.1. The van der Waals surface area contributed by atoms with E-state index in [0.29, 0.717) is 23.3 Å². The summed E-state index contributed by atoms with van der Waals surface area (Å²) in [7, 11) is 0. The zero-order chi connectivity index (χ0) is 24.4. The first-order chi connectivity index (χ1) is 17.0. The second-order valence-electron chi connectivity index (χ2n) is 8.79. The molecule has 1 nitrogen and oxygen atoms in total.